The lowest BCUT2D eigenvalue weighted by molar-refractivity contribution is 0.0124. The van der Waals surface area contributed by atoms with Crippen LogP contribution in [-0.4, -0.2) is 36.1 Å². The summed E-state index contributed by atoms with van der Waals surface area (Å²) in [6.07, 6.45) is 5.52. The third-order valence-corrected chi connectivity index (χ3v) is 3.45. The summed E-state index contributed by atoms with van der Waals surface area (Å²) in [6.45, 7) is 2.39. The number of rotatable bonds is 3. The number of hydrogen-bond donors (Lipinski definition) is 0. The van der Waals surface area contributed by atoms with E-state index in [2.05, 4.69) is 10.1 Å². The van der Waals surface area contributed by atoms with Gasteiger partial charge in [-0.15, -0.1) is 0 Å². The zero-order valence-electron chi connectivity index (χ0n) is 9.93. The van der Waals surface area contributed by atoms with Gasteiger partial charge in [0.2, 0.25) is 5.89 Å². The highest BCUT2D eigenvalue weighted by Crippen LogP contribution is 2.23. The lowest BCUT2D eigenvalue weighted by Gasteiger charge is -2.20. The van der Waals surface area contributed by atoms with Crippen LogP contribution in [0.3, 0.4) is 0 Å². The molecule has 0 aliphatic carbocycles. The minimum atomic E-state index is 0.261. The average molecular weight is 238 g/mol. The topological polar surface area (TPSA) is 57.4 Å². The largest absolute Gasteiger partial charge is 0.381 e. The van der Waals surface area contributed by atoms with E-state index in [1.54, 1.807) is 0 Å². The maximum absolute atomic E-state index is 5.66. The van der Waals surface area contributed by atoms with Crippen LogP contribution in [0, 0.1) is 0 Å². The molecule has 2 aliphatic heterocycles. The Kier molecular flexibility index (Phi) is 3.38. The molecule has 0 bridgehead atoms. The maximum atomic E-state index is 5.66. The van der Waals surface area contributed by atoms with E-state index in [1.165, 1.54) is 12.8 Å². The van der Waals surface area contributed by atoms with E-state index in [-0.39, 0.29) is 6.10 Å². The molecule has 2 atom stereocenters. The van der Waals surface area contributed by atoms with Crippen molar-refractivity contribution in [3.05, 3.63) is 11.7 Å². The molecule has 0 N–H and O–H groups in total. The molecular weight excluding hydrogens is 220 g/mol. The van der Waals surface area contributed by atoms with Crippen molar-refractivity contribution in [3.63, 3.8) is 0 Å². The predicted molar refractivity (Wildman–Crippen MR) is 59.8 cm³/mol. The Balaban J connectivity index is 1.59. The molecule has 0 radical (unpaired) electrons. The molecule has 2 saturated heterocycles. The second kappa shape index (κ2) is 5.14. The summed E-state index contributed by atoms with van der Waals surface area (Å²) in [5.74, 6) is 1.83. The van der Waals surface area contributed by atoms with Crippen LogP contribution in [0.1, 0.15) is 43.3 Å². The lowest BCUT2D eigenvalue weighted by atomic mass is 10.1. The summed E-state index contributed by atoms with van der Waals surface area (Å²) in [4.78, 5) is 4.45. The highest BCUT2D eigenvalue weighted by molar-refractivity contribution is 4.98. The Hall–Kier alpha value is -0.940. The van der Waals surface area contributed by atoms with E-state index in [0.29, 0.717) is 11.8 Å². The minimum Gasteiger partial charge on any atom is -0.381 e. The third kappa shape index (κ3) is 2.66. The number of hydrogen-bond acceptors (Lipinski definition) is 5. The maximum Gasteiger partial charge on any atom is 0.229 e. The summed E-state index contributed by atoms with van der Waals surface area (Å²) in [5, 5.41) is 4.04. The fourth-order valence-corrected chi connectivity index (χ4v) is 2.42. The zero-order valence-corrected chi connectivity index (χ0v) is 9.93. The van der Waals surface area contributed by atoms with Gasteiger partial charge < -0.3 is 14.0 Å². The van der Waals surface area contributed by atoms with Crippen LogP contribution in [0.2, 0.25) is 0 Å². The molecule has 5 heteroatoms. The molecule has 1 aromatic heterocycles. The highest BCUT2D eigenvalue weighted by atomic mass is 16.5. The van der Waals surface area contributed by atoms with Gasteiger partial charge in [0.15, 0.2) is 5.82 Å². The number of aromatic nitrogens is 2. The number of nitrogens with zero attached hydrogens (tertiary/aromatic N) is 2. The van der Waals surface area contributed by atoms with Crippen molar-refractivity contribution in [2.75, 3.05) is 19.8 Å². The Morgan fingerprint density at radius 2 is 2.18 bits per heavy atom. The molecular formula is C12H18N2O3. The zero-order chi connectivity index (χ0) is 11.5. The van der Waals surface area contributed by atoms with Gasteiger partial charge >= 0.3 is 0 Å². The minimum absolute atomic E-state index is 0.261. The molecule has 5 nitrogen and oxygen atoms in total. The van der Waals surface area contributed by atoms with E-state index in [9.17, 15) is 0 Å². The van der Waals surface area contributed by atoms with E-state index < -0.39 is 0 Å². The molecule has 0 spiro atoms. The molecule has 2 fully saturated rings. The molecule has 1 aromatic rings. The SMILES string of the molecule is C1CC[C@@H](Cc2nc([C@@H]3CCOC3)no2)OC1. The van der Waals surface area contributed by atoms with Crippen molar-refractivity contribution in [1.82, 2.24) is 10.1 Å². The van der Waals surface area contributed by atoms with Crippen LogP contribution < -0.4 is 0 Å². The molecule has 2 aliphatic rings. The normalized spacial score (nSPS) is 29.6. The molecule has 3 heterocycles. The van der Waals surface area contributed by atoms with Crippen LogP contribution in [0.25, 0.3) is 0 Å². The monoisotopic (exact) mass is 238 g/mol. The smallest absolute Gasteiger partial charge is 0.229 e. The summed E-state index contributed by atoms with van der Waals surface area (Å²) in [6, 6.07) is 0. The van der Waals surface area contributed by atoms with Crippen molar-refractivity contribution in [2.24, 2.45) is 0 Å². The van der Waals surface area contributed by atoms with E-state index >= 15 is 0 Å². The van der Waals surface area contributed by atoms with Crippen LogP contribution in [-0.2, 0) is 15.9 Å². The van der Waals surface area contributed by atoms with Crippen LogP contribution in [0.5, 0.6) is 0 Å². The fraction of sp³-hybridized carbons (Fsp3) is 0.833. The van der Waals surface area contributed by atoms with Crippen molar-refractivity contribution in [1.29, 1.82) is 0 Å². The van der Waals surface area contributed by atoms with E-state index in [4.69, 9.17) is 14.0 Å². The molecule has 0 amide bonds. The molecule has 17 heavy (non-hydrogen) atoms. The molecule has 3 rings (SSSR count). The van der Waals surface area contributed by atoms with Gasteiger partial charge in [-0.3, -0.25) is 0 Å². The van der Waals surface area contributed by atoms with Gasteiger partial charge in [0.25, 0.3) is 0 Å². The first kappa shape index (κ1) is 11.2. The van der Waals surface area contributed by atoms with Crippen LogP contribution >= 0.6 is 0 Å². The second-order valence-electron chi connectivity index (χ2n) is 4.80. The summed E-state index contributed by atoms with van der Waals surface area (Å²) in [7, 11) is 0. The summed E-state index contributed by atoms with van der Waals surface area (Å²) < 4.78 is 16.3. The van der Waals surface area contributed by atoms with E-state index in [1.807, 2.05) is 0 Å². The molecule has 0 aromatic carbocycles. The predicted octanol–water partition coefficient (Wildman–Crippen LogP) is 1.69. The number of ether oxygens (including phenoxy) is 2. The summed E-state index contributed by atoms with van der Waals surface area (Å²) >= 11 is 0. The first-order valence-electron chi connectivity index (χ1n) is 6.43. The first-order chi connectivity index (χ1) is 8.42. The highest BCUT2D eigenvalue weighted by Gasteiger charge is 2.24. The van der Waals surface area contributed by atoms with Gasteiger partial charge in [-0.2, -0.15) is 4.98 Å². The summed E-state index contributed by atoms with van der Waals surface area (Å²) in [5.41, 5.74) is 0. The van der Waals surface area contributed by atoms with Crippen molar-refractivity contribution in [3.8, 4) is 0 Å². The van der Waals surface area contributed by atoms with Crippen LogP contribution in [0.4, 0.5) is 0 Å². The van der Waals surface area contributed by atoms with Crippen molar-refractivity contribution in [2.45, 2.75) is 44.1 Å². The first-order valence-corrected chi connectivity index (χ1v) is 6.43. The van der Waals surface area contributed by atoms with Crippen molar-refractivity contribution < 1.29 is 14.0 Å². The van der Waals surface area contributed by atoms with Gasteiger partial charge in [0.1, 0.15) is 0 Å². The lowest BCUT2D eigenvalue weighted by Crippen LogP contribution is -2.21. The molecule has 0 saturated carbocycles. The van der Waals surface area contributed by atoms with Crippen molar-refractivity contribution >= 4 is 0 Å². The Bertz CT molecular complexity index is 354. The Labute approximate surface area is 100 Å². The fourth-order valence-electron chi connectivity index (χ4n) is 2.42. The standard InChI is InChI=1S/C12H18N2O3/c1-2-5-16-10(3-1)7-11-13-12(14-17-11)9-4-6-15-8-9/h9-10H,1-8H2/t9-,10+/m1/s1. The second-order valence-corrected chi connectivity index (χ2v) is 4.80. The van der Waals surface area contributed by atoms with Gasteiger partial charge in [-0.05, 0) is 25.7 Å². The quantitative estimate of drug-likeness (QED) is 0.802. The van der Waals surface area contributed by atoms with Gasteiger partial charge in [0.05, 0.1) is 19.1 Å². The van der Waals surface area contributed by atoms with Gasteiger partial charge in [-0.25, -0.2) is 0 Å². The molecule has 94 valence electrons. The Morgan fingerprint density at radius 1 is 1.18 bits per heavy atom. The van der Waals surface area contributed by atoms with Crippen LogP contribution in [0.15, 0.2) is 4.52 Å². The van der Waals surface area contributed by atoms with Gasteiger partial charge in [0, 0.05) is 19.1 Å². The Morgan fingerprint density at radius 3 is 2.94 bits per heavy atom. The third-order valence-electron chi connectivity index (χ3n) is 3.45. The average Bonchev–Trinajstić information content (AvgIpc) is 3.00. The van der Waals surface area contributed by atoms with E-state index in [0.717, 1.165) is 44.9 Å². The van der Waals surface area contributed by atoms with Gasteiger partial charge in [-0.1, -0.05) is 5.16 Å². The molecule has 0 unspecified atom stereocenters.